The fourth-order valence-corrected chi connectivity index (χ4v) is 3.36. The molecule has 0 radical (unpaired) electrons. The fraction of sp³-hybridized carbons (Fsp3) is 0.467. The van der Waals surface area contributed by atoms with Crippen molar-refractivity contribution < 1.29 is 13.2 Å². The lowest BCUT2D eigenvalue weighted by Crippen LogP contribution is -2.37. The Morgan fingerprint density at radius 2 is 1.82 bits per heavy atom. The van der Waals surface area contributed by atoms with Crippen LogP contribution in [0.4, 0.5) is 13.2 Å². The Labute approximate surface area is 124 Å². The van der Waals surface area contributed by atoms with Crippen LogP contribution in [0.15, 0.2) is 23.0 Å². The molecule has 116 valence electrons. The van der Waals surface area contributed by atoms with Crippen LogP contribution in [0, 0.1) is 11.6 Å². The molecule has 1 saturated carbocycles. The van der Waals surface area contributed by atoms with Crippen molar-refractivity contribution in [3.05, 3.63) is 51.7 Å². The zero-order valence-electron chi connectivity index (χ0n) is 11.7. The Morgan fingerprint density at radius 1 is 1.14 bits per heavy atom. The minimum Gasteiger partial charge on any atom is -0.271 e. The van der Waals surface area contributed by atoms with Gasteiger partial charge in [-0.3, -0.25) is 4.57 Å². The van der Waals surface area contributed by atoms with Crippen molar-refractivity contribution in [3.63, 3.8) is 0 Å². The molecule has 1 aromatic heterocycles. The van der Waals surface area contributed by atoms with Gasteiger partial charge in [-0.05, 0) is 24.1 Å². The number of nitrogens with zero attached hydrogens (tertiary/aromatic N) is 3. The van der Waals surface area contributed by atoms with Crippen molar-refractivity contribution in [1.29, 1.82) is 0 Å². The van der Waals surface area contributed by atoms with Crippen molar-refractivity contribution >= 4 is 0 Å². The second kappa shape index (κ2) is 4.72. The molecule has 22 heavy (non-hydrogen) atoms. The summed E-state index contributed by atoms with van der Waals surface area (Å²) in [5, 5.41) is 4.28. The van der Waals surface area contributed by atoms with Crippen molar-refractivity contribution in [1.82, 2.24) is 14.3 Å². The van der Waals surface area contributed by atoms with Gasteiger partial charge in [0.2, 0.25) is 0 Å². The molecule has 0 saturated heterocycles. The molecule has 1 fully saturated rings. The first-order chi connectivity index (χ1) is 10.5. The van der Waals surface area contributed by atoms with Gasteiger partial charge in [0.1, 0.15) is 23.6 Å². The number of aromatic nitrogens is 3. The van der Waals surface area contributed by atoms with Crippen LogP contribution < -0.4 is 5.69 Å². The van der Waals surface area contributed by atoms with E-state index in [9.17, 15) is 18.0 Å². The molecule has 7 heteroatoms. The third-order valence-electron chi connectivity index (χ3n) is 4.53. The van der Waals surface area contributed by atoms with Gasteiger partial charge >= 0.3 is 5.69 Å². The lowest BCUT2D eigenvalue weighted by molar-refractivity contribution is 0.124. The minimum absolute atomic E-state index is 0.203. The summed E-state index contributed by atoms with van der Waals surface area (Å²) >= 11 is 0. The average Bonchev–Trinajstić information content (AvgIpc) is 2.95. The van der Waals surface area contributed by atoms with Crippen LogP contribution in [0.1, 0.15) is 42.7 Å². The summed E-state index contributed by atoms with van der Waals surface area (Å²) in [5.41, 5.74) is 0.106. The van der Waals surface area contributed by atoms with Gasteiger partial charge in [-0.25, -0.2) is 22.6 Å². The van der Waals surface area contributed by atoms with Gasteiger partial charge in [-0.2, -0.15) is 5.10 Å². The van der Waals surface area contributed by atoms with E-state index in [0.29, 0.717) is 37.1 Å². The quantitative estimate of drug-likeness (QED) is 0.855. The monoisotopic (exact) mass is 309 g/mol. The van der Waals surface area contributed by atoms with Gasteiger partial charge in [-0.1, -0.05) is 0 Å². The maximum absolute atomic E-state index is 13.4. The van der Waals surface area contributed by atoms with Gasteiger partial charge < -0.3 is 0 Å². The highest BCUT2D eigenvalue weighted by Crippen LogP contribution is 2.35. The standard InChI is InChI=1S/C15H14F3N3O/c16-9-3-8(4-10(17)5-9)13-1-2-14-19-21(15(22)20(13)14)12-6-11(18)7-12/h3-5,11-13H,1-2,6-7H2/t11?,12?,13-/m0/s1. The Kier molecular flexibility index (Phi) is 2.92. The normalized spacial score (nSPS) is 26.8. The van der Waals surface area contributed by atoms with E-state index in [0.717, 1.165) is 6.07 Å². The summed E-state index contributed by atoms with van der Waals surface area (Å²) in [6, 6.07) is 2.68. The zero-order valence-corrected chi connectivity index (χ0v) is 11.7. The Morgan fingerprint density at radius 3 is 2.45 bits per heavy atom. The van der Waals surface area contributed by atoms with Crippen LogP contribution >= 0.6 is 0 Å². The molecule has 0 N–H and O–H groups in total. The summed E-state index contributed by atoms with van der Waals surface area (Å²) < 4.78 is 42.6. The van der Waals surface area contributed by atoms with Crippen molar-refractivity contribution in [2.75, 3.05) is 0 Å². The number of aryl methyl sites for hydroxylation is 1. The first-order valence-electron chi connectivity index (χ1n) is 7.33. The molecule has 0 amide bonds. The van der Waals surface area contributed by atoms with Crippen LogP contribution in [0.2, 0.25) is 0 Å². The molecule has 0 unspecified atom stereocenters. The fourth-order valence-electron chi connectivity index (χ4n) is 3.36. The summed E-state index contributed by atoms with van der Waals surface area (Å²) in [4.78, 5) is 12.5. The molecular weight excluding hydrogens is 295 g/mol. The maximum Gasteiger partial charge on any atom is 0.346 e. The Balaban J connectivity index is 1.74. The molecular formula is C15H14F3N3O. The largest absolute Gasteiger partial charge is 0.346 e. The van der Waals surface area contributed by atoms with E-state index in [-0.39, 0.29) is 11.7 Å². The van der Waals surface area contributed by atoms with Crippen LogP contribution in [-0.2, 0) is 6.42 Å². The number of hydrogen-bond donors (Lipinski definition) is 0. The summed E-state index contributed by atoms with van der Waals surface area (Å²) in [6.45, 7) is 0. The predicted molar refractivity (Wildman–Crippen MR) is 72.5 cm³/mol. The number of rotatable bonds is 2. The number of fused-ring (bicyclic) bond motifs is 1. The van der Waals surface area contributed by atoms with Gasteiger partial charge in [0, 0.05) is 25.3 Å². The molecule has 1 aromatic carbocycles. The maximum atomic E-state index is 13.4. The van der Waals surface area contributed by atoms with Crippen molar-refractivity contribution in [2.24, 2.45) is 0 Å². The zero-order chi connectivity index (χ0) is 15.4. The lowest BCUT2D eigenvalue weighted by Gasteiger charge is -2.28. The highest BCUT2D eigenvalue weighted by Gasteiger charge is 2.36. The second-order valence-corrected chi connectivity index (χ2v) is 5.99. The molecule has 0 bridgehead atoms. The van der Waals surface area contributed by atoms with Crippen LogP contribution in [0.25, 0.3) is 0 Å². The number of benzene rings is 1. The van der Waals surface area contributed by atoms with E-state index >= 15 is 0 Å². The van der Waals surface area contributed by atoms with Crippen molar-refractivity contribution in [3.8, 4) is 0 Å². The smallest absolute Gasteiger partial charge is 0.271 e. The molecule has 4 nitrogen and oxygen atoms in total. The number of halogens is 3. The van der Waals surface area contributed by atoms with Gasteiger partial charge in [0.25, 0.3) is 0 Å². The molecule has 2 heterocycles. The Bertz CT molecular complexity index is 772. The van der Waals surface area contributed by atoms with E-state index in [2.05, 4.69) is 5.10 Å². The number of alkyl halides is 1. The minimum atomic E-state index is -0.874. The predicted octanol–water partition coefficient (Wildman–Crippen LogP) is 2.53. The SMILES string of the molecule is O=c1n(C2CC(F)C2)nc2n1[C@H](c1cc(F)cc(F)c1)CC2. The summed E-state index contributed by atoms with van der Waals surface area (Å²) in [5.74, 6) is -0.728. The average molecular weight is 309 g/mol. The Hall–Kier alpha value is -2.05. The van der Waals surface area contributed by atoms with Crippen LogP contribution in [0.5, 0.6) is 0 Å². The lowest BCUT2D eigenvalue weighted by atomic mass is 9.91. The molecule has 4 rings (SSSR count). The molecule has 1 aliphatic carbocycles. The van der Waals surface area contributed by atoms with Gasteiger partial charge in [-0.15, -0.1) is 0 Å². The summed E-state index contributed by atoms with van der Waals surface area (Å²) in [7, 11) is 0. The van der Waals surface area contributed by atoms with Gasteiger partial charge in [0.05, 0.1) is 12.1 Å². The van der Waals surface area contributed by atoms with Crippen LogP contribution in [-0.4, -0.2) is 20.5 Å². The summed E-state index contributed by atoms with van der Waals surface area (Å²) in [6.07, 6.45) is 0.876. The molecule has 2 aromatic rings. The van der Waals surface area contributed by atoms with Crippen LogP contribution in [0.3, 0.4) is 0 Å². The van der Waals surface area contributed by atoms with E-state index in [1.165, 1.54) is 21.4 Å². The number of hydrogen-bond acceptors (Lipinski definition) is 2. The van der Waals surface area contributed by atoms with Gasteiger partial charge in [0.15, 0.2) is 0 Å². The van der Waals surface area contributed by atoms with Crippen molar-refractivity contribution in [2.45, 2.75) is 43.9 Å². The third kappa shape index (κ3) is 1.99. The second-order valence-electron chi connectivity index (χ2n) is 5.99. The third-order valence-corrected chi connectivity index (χ3v) is 4.53. The van der Waals surface area contributed by atoms with E-state index < -0.39 is 23.8 Å². The highest BCUT2D eigenvalue weighted by atomic mass is 19.1. The van der Waals surface area contributed by atoms with E-state index in [1.54, 1.807) is 0 Å². The first kappa shape index (κ1) is 13.6. The first-order valence-corrected chi connectivity index (χ1v) is 7.33. The van der Waals surface area contributed by atoms with E-state index in [1.807, 2.05) is 0 Å². The van der Waals surface area contributed by atoms with E-state index in [4.69, 9.17) is 0 Å². The molecule has 2 aliphatic rings. The highest BCUT2D eigenvalue weighted by molar-refractivity contribution is 5.24. The molecule has 0 spiro atoms. The molecule has 1 aliphatic heterocycles. The molecule has 1 atom stereocenters. The topological polar surface area (TPSA) is 39.8 Å².